The molecule has 2 aliphatic heterocycles. The Hall–Kier alpha value is -4.43. The van der Waals surface area contributed by atoms with Gasteiger partial charge in [-0.15, -0.1) is 9.05 Å². The number of halogens is 2. The summed E-state index contributed by atoms with van der Waals surface area (Å²) in [4.78, 5) is 56.4. The van der Waals surface area contributed by atoms with Crippen LogP contribution in [0.25, 0.3) is 11.2 Å². The number of carbonyl (C=O) groups is 2. The third kappa shape index (κ3) is 13.4. The molecule has 2 aromatic carbocycles. The molecule has 74 heavy (non-hydrogen) atoms. The first kappa shape index (κ1) is 58.8. The van der Waals surface area contributed by atoms with Crippen LogP contribution in [0.3, 0.4) is 0 Å². The Kier molecular flexibility index (Phi) is 19.6. The molecule has 0 aliphatic carbocycles. The van der Waals surface area contributed by atoms with Crippen LogP contribution in [0.5, 0.6) is 0 Å². The molecule has 2 aliphatic rings. The summed E-state index contributed by atoms with van der Waals surface area (Å²) >= 11 is 0. The first-order chi connectivity index (χ1) is 34.5. The minimum absolute atomic E-state index is 0. The van der Waals surface area contributed by atoms with Crippen LogP contribution in [0, 0.1) is 12.8 Å². The van der Waals surface area contributed by atoms with Gasteiger partial charge in [0.1, 0.15) is 19.0 Å². The average molecular weight is 1080 g/mol. The molecule has 0 saturated carbocycles. The largest absolute Gasteiger partial charge is 1.00 e. The van der Waals surface area contributed by atoms with Gasteiger partial charge in [0.05, 0.1) is 25.1 Å². The SMILES string of the molecule is [CH-]=Nc1[c-]ncnc1N(C/C=C/CN(C(=O)c1ccccc1)c1ncnc2c1ncn2[C@@H]1O[C@H](CO[Si](C)(C)C(C)(C)C)[C@@H](O[P+](=O)OC[C@H]2O[CH-][C@H](F)[C@@H]2O[Si](C)(C)C(C)(C)C)[C@H]1F)C(=O)c1ccccc1.[Na+]. The summed E-state index contributed by atoms with van der Waals surface area (Å²) in [6, 6.07) is 17.1. The van der Waals surface area contributed by atoms with Crippen molar-refractivity contribution in [2.45, 2.75) is 121 Å². The number of aliphatic imine (C=N–C) groups is 1. The van der Waals surface area contributed by atoms with E-state index in [9.17, 15) is 14.2 Å². The molecule has 390 valence electrons. The van der Waals surface area contributed by atoms with E-state index < -0.39 is 79.7 Å². The van der Waals surface area contributed by atoms with E-state index in [2.05, 4.69) is 56.9 Å². The van der Waals surface area contributed by atoms with E-state index in [0.717, 1.165) is 6.61 Å². The fourth-order valence-corrected chi connectivity index (χ4v) is 10.5. The van der Waals surface area contributed by atoms with Gasteiger partial charge in [0.15, 0.2) is 52.1 Å². The van der Waals surface area contributed by atoms with Crippen molar-refractivity contribution >= 4 is 71.9 Å². The summed E-state index contributed by atoms with van der Waals surface area (Å²) in [7, 11) is -7.93. The fourth-order valence-electron chi connectivity index (χ4n) is 7.43. The maximum atomic E-state index is 17.2. The summed E-state index contributed by atoms with van der Waals surface area (Å²) in [5.74, 6) is -0.652. The van der Waals surface area contributed by atoms with Crippen molar-refractivity contribution in [1.82, 2.24) is 29.5 Å². The van der Waals surface area contributed by atoms with Gasteiger partial charge in [-0.1, -0.05) is 90.1 Å². The molecular weight excluding hydrogens is 1020 g/mol. The van der Waals surface area contributed by atoms with Crippen molar-refractivity contribution in [2.75, 3.05) is 36.1 Å². The number of alkyl halides is 2. The van der Waals surface area contributed by atoms with Gasteiger partial charge in [0, 0.05) is 35.0 Å². The molecule has 2 amide bonds. The van der Waals surface area contributed by atoms with E-state index >= 15 is 8.78 Å². The monoisotopic (exact) mass is 1080 g/mol. The molecular formula is C50H62F2N9NaO9PSi2-. The Morgan fingerprint density at radius 1 is 0.838 bits per heavy atom. The summed E-state index contributed by atoms with van der Waals surface area (Å²) in [6.45, 7) is 26.4. The van der Waals surface area contributed by atoms with Gasteiger partial charge in [-0.3, -0.25) is 23.4 Å². The smallest absolute Gasteiger partial charge is 0.543 e. The molecule has 0 bridgehead atoms. The normalized spacial score (nSPS) is 21.7. The van der Waals surface area contributed by atoms with Crippen LogP contribution in [0.1, 0.15) is 68.5 Å². The average Bonchev–Trinajstić information content (AvgIpc) is 4.04. The number of imidazole rings is 1. The second kappa shape index (κ2) is 24.7. The number of hydrogen-bond donors (Lipinski definition) is 0. The van der Waals surface area contributed by atoms with Crippen molar-refractivity contribution in [2.24, 2.45) is 4.99 Å². The van der Waals surface area contributed by atoms with E-state index in [1.54, 1.807) is 72.8 Å². The molecule has 2 saturated heterocycles. The number of carbonyl (C=O) groups excluding carboxylic acids is 2. The number of fused-ring (bicyclic) bond motifs is 1. The van der Waals surface area contributed by atoms with E-state index in [1.807, 2.05) is 47.0 Å². The zero-order valence-corrected chi connectivity index (χ0v) is 48.5. The van der Waals surface area contributed by atoms with Crippen LogP contribution < -0.4 is 39.4 Å². The third-order valence-electron chi connectivity index (χ3n) is 13.7. The second-order valence-electron chi connectivity index (χ2n) is 20.6. The van der Waals surface area contributed by atoms with Gasteiger partial charge in [0.2, 0.25) is 5.91 Å². The summed E-state index contributed by atoms with van der Waals surface area (Å²) in [6.07, 6.45) is 0.285. The molecule has 0 spiro atoms. The van der Waals surface area contributed by atoms with Crippen molar-refractivity contribution in [3.05, 3.63) is 116 Å². The number of rotatable bonds is 20. The van der Waals surface area contributed by atoms with Gasteiger partial charge in [-0.05, 0) is 72.7 Å². The van der Waals surface area contributed by atoms with Crippen LogP contribution in [0.15, 0.2) is 96.8 Å². The summed E-state index contributed by atoms with van der Waals surface area (Å²) in [5, 5.41) is -0.441. The summed E-state index contributed by atoms with van der Waals surface area (Å²) < 4.78 is 83.6. The van der Waals surface area contributed by atoms with Crippen LogP contribution in [0.4, 0.5) is 26.1 Å². The Balaban J connectivity index is 0.00000892. The van der Waals surface area contributed by atoms with Gasteiger partial charge in [-0.25, -0.2) is 19.3 Å². The third-order valence-corrected chi connectivity index (χ3v) is 23.4. The van der Waals surface area contributed by atoms with Crippen LogP contribution >= 0.6 is 8.25 Å². The van der Waals surface area contributed by atoms with Crippen LogP contribution in [-0.4, -0.2) is 128 Å². The fraction of sp³-hybridized carbons (Fsp3) is 0.460. The number of hydrogen-bond acceptors (Lipinski definition) is 15. The molecule has 0 radical (unpaired) electrons. The van der Waals surface area contributed by atoms with Gasteiger partial charge < -0.3 is 38.2 Å². The molecule has 3 aromatic heterocycles. The van der Waals surface area contributed by atoms with Crippen molar-refractivity contribution < 1.29 is 79.9 Å². The van der Waals surface area contributed by atoms with E-state index in [4.69, 9.17) is 34.1 Å². The molecule has 2 fully saturated rings. The van der Waals surface area contributed by atoms with Crippen LogP contribution in [0.2, 0.25) is 36.3 Å². The predicted molar refractivity (Wildman–Crippen MR) is 276 cm³/mol. The Morgan fingerprint density at radius 2 is 1.42 bits per heavy atom. The number of amides is 2. The van der Waals surface area contributed by atoms with Crippen LogP contribution in [-0.2, 0) is 31.9 Å². The van der Waals surface area contributed by atoms with Crippen molar-refractivity contribution in [1.29, 1.82) is 0 Å². The second-order valence-corrected chi connectivity index (χ2v) is 31.1. The Bertz CT molecular complexity index is 2770. The zero-order chi connectivity index (χ0) is 52.9. The van der Waals surface area contributed by atoms with Gasteiger partial charge >= 0.3 is 37.8 Å². The molecule has 5 heterocycles. The number of nitrogens with zero attached hydrogens (tertiary/aromatic N) is 9. The molecule has 0 N–H and O–H groups in total. The number of ether oxygens (including phenoxy) is 2. The Labute approximate surface area is 456 Å². The van der Waals surface area contributed by atoms with E-state index in [1.165, 1.54) is 33.3 Å². The number of benzene rings is 2. The minimum atomic E-state index is -3.03. The van der Waals surface area contributed by atoms with Crippen molar-refractivity contribution in [3.63, 3.8) is 0 Å². The molecule has 1 unspecified atom stereocenters. The minimum Gasteiger partial charge on any atom is -0.543 e. The quantitative estimate of drug-likeness (QED) is 0.0260. The summed E-state index contributed by atoms with van der Waals surface area (Å²) in [5.41, 5.74) is 1.00. The molecule has 24 heteroatoms. The molecule has 7 rings (SSSR count). The number of anilines is 2. The first-order valence-corrected chi connectivity index (χ1v) is 30.6. The maximum Gasteiger partial charge on any atom is 1.00 e. The first-order valence-electron chi connectivity index (χ1n) is 23.7. The molecule has 18 nitrogen and oxygen atoms in total. The molecule has 5 aromatic rings. The van der Waals surface area contributed by atoms with E-state index in [-0.39, 0.29) is 94.4 Å². The standard InChI is InChI=1S/C50H62F2N9O9PSi2.Na/c1-49(2,3)72(8,9)67-29-38-42(69-71(64)66-28-37-41(35(51)27-65-37)70-73(10,11)50(4,5)6)39(52)48(68-38)61-32-58-40-44(56-31-57-45(40)61)60(47(63)34-22-16-13-17-23-34)25-19-18-24-59(43-36(53-7)26-54-30-55-43)46(62)33-20-14-12-15-21-33;/h7,12-23,27,30-32,35,37-39,41-42,48H,24-25,28-29H2,1-6,8-11H3;/q-2;+1/b19-18+;/t35-,37+,38+,39+,41-,42+,48+;/m0./s1. The maximum absolute atomic E-state index is 17.2. The van der Waals surface area contributed by atoms with Gasteiger partial charge in [0.25, 0.3) is 5.91 Å². The topological polar surface area (TPSA) is 195 Å². The molecule has 8 atom stereocenters. The van der Waals surface area contributed by atoms with Crippen molar-refractivity contribution in [3.8, 4) is 0 Å². The number of aromatic nitrogens is 6. The zero-order valence-electron chi connectivity index (χ0n) is 43.6. The van der Waals surface area contributed by atoms with Gasteiger partial charge in [-0.2, -0.15) is 25.2 Å². The van der Waals surface area contributed by atoms with E-state index in [0.29, 0.717) is 11.1 Å². The Morgan fingerprint density at radius 3 is 2.00 bits per heavy atom. The predicted octanol–water partition coefficient (Wildman–Crippen LogP) is 6.79.